The zero-order valence-corrected chi connectivity index (χ0v) is 10.5. The number of hydrogen-bond acceptors (Lipinski definition) is 4. The Balaban J connectivity index is 3.19. The molecule has 0 fully saturated rings. The molecule has 0 spiro atoms. The Labute approximate surface area is 105 Å². The maximum Gasteiger partial charge on any atom is 0.387 e. The number of alkyl halides is 2. The number of anilines is 1. The second kappa shape index (κ2) is 5.81. The molecule has 0 aromatic heterocycles. The average molecular weight is 310 g/mol. The van der Waals surface area contributed by atoms with Gasteiger partial charge in [0.15, 0.2) is 5.75 Å². The van der Waals surface area contributed by atoms with Crippen LogP contribution in [0.3, 0.4) is 0 Å². The van der Waals surface area contributed by atoms with Gasteiger partial charge in [0.05, 0.1) is 11.1 Å². The van der Waals surface area contributed by atoms with E-state index in [4.69, 9.17) is 10.5 Å². The molecule has 0 bridgehead atoms. The molecule has 4 nitrogen and oxygen atoms in total. The number of carbonyl (C=O) groups is 1. The van der Waals surface area contributed by atoms with Gasteiger partial charge >= 0.3 is 12.6 Å². The fourth-order valence-electron chi connectivity index (χ4n) is 1.15. The van der Waals surface area contributed by atoms with E-state index in [0.29, 0.717) is 0 Å². The van der Waals surface area contributed by atoms with Crippen molar-refractivity contribution in [3.8, 4) is 5.75 Å². The molecule has 1 rings (SSSR count). The molecular weight excluding hydrogens is 300 g/mol. The van der Waals surface area contributed by atoms with Crippen LogP contribution in [0.25, 0.3) is 0 Å². The first-order valence-electron chi connectivity index (χ1n) is 4.67. The van der Waals surface area contributed by atoms with Crippen molar-refractivity contribution >= 4 is 27.6 Å². The van der Waals surface area contributed by atoms with Gasteiger partial charge in [0.1, 0.15) is 5.56 Å². The molecule has 17 heavy (non-hydrogen) atoms. The van der Waals surface area contributed by atoms with Crippen LogP contribution in [-0.2, 0) is 4.74 Å². The van der Waals surface area contributed by atoms with Crippen molar-refractivity contribution in [2.45, 2.75) is 13.5 Å². The third-order valence-corrected chi connectivity index (χ3v) is 2.65. The third kappa shape index (κ3) is 3.29. The van der Waals surface area contributed by atoms with Gasteiger partial charge in [-0.05, 0) is 35.0 Å². The maximum absolute atomic E-state index is 12.2. The van der Waals surface area contributed by atoms with Crippen LogP contribution in [0.1, 0.15) is 17.3 Å². The molecule has 94 valence electrons. The average Bonchev–Trinajstić information content (AvgIpc) is 2.24. The number of halogens is 3. The molecule has 0 saturated heterocycles. The first kappa shape index (κ1) is 13.7. The lowest BCUT2D eigenvalue weighted by molar-refractivity contribution is -0.0509. The minimum Gasteiger partial charge on any atom is -0.462 e. The largest absolute Gasteiger partial charge is 0.462 e. The molecule has 2 N–H and O–H groups in total. The number of carbonyl (C=O) groups excluding carboxylic acids is 1. The van der Waals surface area contributed by atoms with Gasteiger partial charge in [-0.3, -0.25) is 0 Å². The van der Waals surface area contributed by atoms with Crippen molar-refractivity contribution in [1.82, 2.24) is 0 Å². The van der Waals surface area contributed by atoms with Crippen LogP contribution >= 0.6 is 15.9 Å². The molecular formula is C10H10BrF2NO3. The highest BCUT2D eigenvalue weighted by molar-refractivity contribution is 9.10. The van der Waals surface area contributed by atoms with E-state index in [1.165, 1.54) is 12.1 Å². The number of nitrogen functional groups attached to an aromatic ring is 1. The topological polar surface area (TPSA) is 61.5 Å². The van der Waals surface area contributed by atoms with Crippen molar-refractivity contribution in [2.24, 2.45) is 0 Å². The van der Waals surface area contributed by atoms with E-state index in [1.54, 1.807) is 6.92 Å². The van der Waals surface area contributed by atoms with E-state index in [2.05, 4.69) is 20.7 Å². The summed E-state index contributed by atoms with van der Waals surface area (Å²) < 4.78 is 33.5. The van der Waals surface area contributed by atoms with Gasteiger partial charge in [-0.1, -0.05) is 0 Å². The predicted octanol–water partition coefficient (Wildman–Crippen LogP) is 2.81. The van der Waals surface area contributed by atoms with Crippen LogP contribution in [0.5, 0.6) is 5.75 Å². The summed E-state index contributed by atoms with van der Waals surface area (Å²) >= 11 is 2.99. The Bertz CT molecular complexity index is 426. The molecule has 0 atom stereocenters. The number of esters is 1. The number of rotatable bonds is 4. The highest BCUT2D eigenvalue weighted by Crippen LogP contribution is 2.35. The molecule has 0 heterocycles. The van der Waals surface area contributed by atoms with Gasteiger partial charge in [0, 0.05) is 5.69 Å². The van der Waals surface area contributed by atoms with Gasteiger partial charge in [-0.15, -0.1) is 0 Å². The van der Waals surface area contributed by atoms with Crippen molar-refractivity contribution in [2.75, 3.05) is 12.3 Å². The minimum absolute atomic E-state index is 0.100. The van der Waals surface area contributed by atoms with Crippen LogP contribution in [0.2, 0.25) is 0 Å². The molecule has 0 aliphatic carbocycles. The van der Waals surface area contributed by atoms with Gasteiger partial charge in [0.2, 0.25) is 0 Å². The molecule has 1 aromatic rings. The van der Waals surface area contributed by atoms with E-state index in [-0.39, 0.29) is 28.1 Å². The summed E-state index contributed by atoms with van der Waals surface area (Å²) in [5, 5.41) is 0. The van der Waals surface area contributed by atoms with Crippen LogP contribution in [0.15, 0.2) is 16.6 Å². The van der Waals surface area contributed by atoms with Crippen LogP contribution in [-0.4, -0.2) is 19.2 Å². The van der Waals surface area contributed by atoms with Crippen molar-refractivity contribution in [1.29, 1.82) is 0 Å². The summed E-state index contributed by atoms with van der Waals surface area (Å²) in [5.74, 6) is -1.07. The second-order valence-corrected chi connectivity index (χ2v) is 3.74. The van der Waals surface area contributed by atoms with Crippen molar-refractivity contribution in [3.63, 3.8) is 0 Å². The normalized spacial score (nSPS) is 10.4. The van der Waals surface area contributed by atoms with Gasteiger partial charge in [-0.2, -0.15) is 8.78 Å². The summed E-state index contributed by atoms with van der Waals surface area (Å²) in [7, 11) is 0. The zero-order valence-electron chi connectivity index (χ0n) is 8.88. The number of hydrogen-bond donors (Lipinski definition) is 1. The Morgan fingerprint density at radius 1 is 1.53 bits per heavy atom. The smallest absolute Gasteiger partial charge is 0.387 e. The van der Waals surface area contributed by atoms with Crippen LogP contribution in [0.4, 0.5) is 14.5 Å². The lowest BCUT2D eigenvalue weighted by atomic mass is 10.2. The number of benzene rings is 1. The zero-order chi connectivity index (χ0) is 13.0. The highest BCUT2D eigenvalue weighted by Gasteiger charge is 2.21. The van der Waals surface area contributed by atoms with E-state index < -0.39 is 12.6 Å². The minimum atomic E-state index is -3.05. The summed E-state index contributed by atoms with van der Waals surface area (Å²) in [5.41, 5.74) is 5.60. The number of ether oxygens (including phenoxy) is 2. The van der Waals surface area contributed by atoms with E-state index >= 15 is 0 Å². The third-order valence-electron chi connectivity index (χ3n) is 1.83. The molecule has 7 heteroatoms. The fourth-order valence-corrected chi connectivity index (χ4v) is 1.58. The molecule has 0 amide bonds. The van der Waals surface area contributed by atoms with Gasteiger partial charge < -0.3 is 15.2 Å². The Morgan fingerprint density at radius 3 is 2.71 bits per heavy atom. The van der Waals surface area contributed by atoms with Gasteiger partial charge in [0.25, 0.3) is 0 Å². The second-order valence-electron chi connectivity index (χ2n) is 2.94. The van der Waals surface area contributed by atoms with E-state index in [9.17, 15) is 13.6 Å². The summed E-state index contributed by atoms with van der Waals surface area (Å²) in [6.07, 6.45) is 0. The Kier molecular flexibility index (Phi) is 4.68. The summed E-state index contributed by atoms with van der Waals surface area (Å²) in [6, 6.07) is 2.67. The Hall–Kier alpha value is -1.37. The first-order chi connectivity index (χ1) is 7.97. The monoisotopic (exact) mass is 309 g/mol. The summed E-state index contributed by atoms with van der Waals surface area (Å²) in [6.45, 7) is -1.31. The summed E-state index contributed by atoms with van der Waals surface area (Å²) in [4.78, 5) is 11.5. The molecule has 0 unspecified atom stereocenters. The Morgan fingerprint density at radius 2 is 2.18 bits per heavy atom. The van der Waals surface area contributed by atoms with Crippen LogP contribution < -0.4 is 10.5 Å². The molecule has 0 aliphatic heterocycles. The fraction of sp³-hybridized carbons (Fsp3) is 0.300. The molecule has 0 radical (unpaired) electrons. The number of nitrogens with two attached hydrogens (primary N) is 1. The van der Waals surface area contributed by atoms with E-state index in [1.807, 2.05) is 0 Å². The standard InChI is InChI=1S/C10H10BrF2NO3/c1-2-16-9(15)5-3-4-6(14)7(11)8(5)17-10(12)13/h3-4,10H,2,14H2,1H3. The quantitative estimate of drug-likeness (QED) is 0.686. The SMILES string of the molecule is CCOC(=O)c1ccc(N)c(Br)c1OC(F)F. The maximum atomic E-state index is 12.2. The van der Waals surface area contributed by atoms with Crippen molar-refractivity contribution < 1.29 is 23.0 Å². The molecule has 0 saturated carbocycles. The van der Waals surface area contributed by atoms with E-state index in [0.717, 1.165) is 0 Å². The van der Waals surface area contributed by atoms with Crippen molar-refractivity contribution in [3.05, 3.63) is 22.2 Å². The molecule has 0 aliphatic rings. The lowest BCUT2D eigenvalue weighted by Gasteiger charge is -2.13. The van der Waals surface area contributed by atoms with Gasteiger partial charge in [-0.25, -0.2) is 4.79 Å². The predicted molar refractivity (Wildman–Crippen MR) is 61.1 cm³/mol. The lowest BCUT2D eigenvalue weighted by Crippen LogP contribution is -2.11. The highest BCUT2D eigenvalue weighted by atomic mass is 79.9. The van der Waals surface area contributed by atoms with Crippen LogP contribution in [0, 0.1) is 0 Å². The first-order valence-corrected chi connectivity index (χ1v) is 5.46. The molecule has 1 aromatic carbocycles.